The van der Waals surface area contributed by atoms with E-state index in [1.54, 1.807) is 0 Å². The summed E-state index contributed by atoms with van der Waals surface area (Å²) in [5, 5.41) is 8.10. The molecular formula is C48H53ClN8O7. The minimum atomic E-state index is -0.710. The monoisotopic (exact) mass is 888 g/mol. The smallest absolute Gasteiger partial charge is 0.407 e. The van der Waals surface area contributed by atoms with Gasteiger partial charge in [0.2, 0.25) is 11.8 Å². The predicted molar refractivity (Wildman–Crippen MR) is 239 cm³/mol. The van der Waals surface area contributed by atoms with Crippen molar-refractivity contribution in [3.8, 4) is 33.6 Å². The van der Waals surface area contributed by atoms with E-state index in [-0.39, 0.29) is 47.8 Å². The lowest BCUT2D eigenvalue weighted by Gasteiger charge is -2.35. The average molecular weight is 889 g/mol. The van der Waals surface area contributed by atoms with Gasteiger partial charge in [-0.15, -0.1) is 0 Å². The molecule has 1 unspecified atom stereocenters. The van der Waals surface area contributed by atoms with Crippen molar-refractivity contribution in [1.29, 1.82) is 0 Å². The summed E-state index contributed by atoms with van der Waals surface area (Å²) in [6, 6.07) is 19.3. The Morgan fingerprint density at radius 2 is 1.31 bits per heavy atom. The Kier molecular flexibility index (Phi) is 11.1. The second-order valence-corrected chi connectivity index (χ2v) is 18.7. The van der Waals surface area contributed by atoms with E-state index >= 15 is 0 Å². The van der Waals surface area contributed by atoms with Crippen molar-refractivity contribution in [2.75, 3.05) is 27.4 Å². The highest BCUT2D eigenvalue weighted by Crippen LogP contribution is 2.55. The number of benzene rings is 3. The molecule has 64 heavy (non-hydrogen) atoms. The van der Waals surface area contributed by atoms with E-state index in [4.69, 9.17) is 35.8 Å². The maximum atomic E-state index is 14.3. The third kappa shape index (κ3) is 7.86. The number of fused-ring (bicyclic) bond motifs is 3. The maximum Gasteiger partial charge on any atom is 0.407 e. The first-order valence-electron chi connectivity index (χ1n) is 22.4. The van der Waals surface area contributed by atoms with Crippen LogP contribution in [0, 0.1) is 23.7 Å². The molecule has 0 bridgehead atoms. The van der Waals surface area contributed by atoms with Crippen molar-refractivity contribution < 1.29 is 33.4 Å². The number of hydrogen-bond donors (Lipinski definition) is 4. The first-order chi connectivity index (χ1) is 31.0. The van der Waals surface area contributed by atoms with Crippen molar-refractivity contribution in [1.82, 2.24) is 40.4 Å². The lowest BCUT2D eigenvalue weighted by atomic mass is 9.90. The maximum absolute atomic E-state index is 14.3. The number of carbonyl (C=O) groups excluding carboxylic acids is 4. The number of alkyl carbamates (subject to hydrolysis) is 2. The molecule has 3 aromatic carbocycles. The van der Waals surface area contributed by atoms with Crippen LogP contribution < -0.4 is 10.6 Å². The number of aromatic nitrogens is 4. The van der Waals surface area contributed by atoms with Gasteiger partial charge in [0.25, 0.3) is 0 Å². The van der Waals surface area contributed by atoms with Gasteiger partial charge < -0.3 is 44.6 Å². The number of H-pyrrole nitrogens is 2. The van der Waals surface area contributed by atoms with E-state index in [1.807, 2.05) is 35.9 Å². The van der Waals surface area contributed by atoms with Crippen molar-refractivity contribution in [2.24, 2.45) is 23.7 Å². The number of amides is 4. The number of likely N-dealkylation sites (tertiary alicyclic amines) is 2. The first-order valence-corrected chi connectivity index (χ1v) is 22.7. The summed E-state index contributed by atoms with van der Waals surface area (Å²) in [5.41, 5.74) is 5.48. The molecule has 3 aliphatic heterocycles. The Balaban J connectivity index is 0.833. The van der Waals surface area contributed by atoms with Gasteiger partial charge in [0.05, 0.1) is 38.2 Å². The molecule has 4 amide bonds. The average Bonchev–Trinajstić information content (AvgIpc) is 3.96. The number of hydrogen-bond acceptors (Lipinski definition) is 9. The summed E-state index contributed by atoms with van der Waals surface area (Å²) < 4.78 is 15.3. The zero-order valence-corrected chi connectivity index (χ0v) is 37.1. The standard InChI is InChI=1S/C48H53ClN8O7/c1-24(2)39(53-47(60)62-3)45(58)56-35-19-32(35)21-37(56)43-50-23-34(51-43)26-7-5-25(6-8-26)28-9-10-30-18-31(12-11-29(30)17-28)40-42(49)55-44(52-40)38-22-33-20-36(33)57(38)46(59)41(54-48(61)63-4)27-13-15-64-16-14-27/h5-12,17-18,23-24,27,32-33,35-39,41H,13-16,19-22H2,1-4H3,(H,50,51)(H,52,55)(H,53,60)(H,54,61)/t32-,33-,35-,36-,37+,38?,39+,41+/m1/s1. The second-order valence-electron chi connectivity index (χ2n) is 18.4. The highest BCUT2D eigenvalue weighted by atomic mass is 35.5. The molecule has 16 heteroatoms. The van der Waals surface area contributed by atoms with Gasteiger partial charge in [0, 0.05) is 30.9 Å². The molecule has 2 aromatic heterocycles. The molecule has 334 valence electrons. The number of piperidine rings is 2. The van der Waals surface area contributed by atoms with Crippen molar-refractivity contribution in [3.05, 3.63) is 83.7 Å². The zero-order valence-electron chi connectivity index (χ0n) is 36.3. The molecule has 0 radical (unpaired) electrons. The van der Waals surface area contributed by atoms with E-state index in [2.05, 4.69) is 75.2 Å². The summed E-state index contributed by atoms with van der Waals surface area (Å²) in [6.45, 7) is 4.93. The van der Waals surface area contributed by atoms with Gasteiger partial charge in [0.15, 0.2) is 0 Å². The summed E-state index contributed by atoms with van der Waals surface area (Å²) >= 11 is 6.87. The fourth-order valence-corrected chi connectivity index (χ4v) is 10.7. The highest BCUT2D eigenvalue weighted by molar-refractivity contribution is 6.32. The van der Waals surface area contributed by atoms with E-state index in [1.165, 1.54) is 14.2 Å². The van der Waals surface area contributed by atoms with Crippen molar-refractivity contribution in [2.45, 2.75) is 88.6 Å². The second kappa shape index (κ2) is 16.9. The fourth-order valence-electron chi connectivity index (χ4n) is 10.5. The number of methoxy groups -OCH3 is 2. The molecular weight excluding hydrogens is 836 g/mol. The molecule has 8 atom stereocenters. The third-order valence-corrected chi connectivity index (χ3v) is 14.4. The Bertz CT molecular complexity index is 2610. The largest absolute Gasteiger partial charge is 0.453 e. The molecule has 5 aliphatic rings. The molecule has 0 spiro atoms. The number of aromatic amines is 2. The summed E-state index contributed by atoms with van der Waals surface area (Å²) in [4.78, 5) is 73.0. The minimum absolute atomic E-state index is 0.0496. The number of ether oxygens (including phenoxy) is 3. The van der Waals surface area contributed by atoms with E-state index in [0.29, 0.717) is 54.6 Å². The lowest BCUT2D eigenvalue weighted by molar-refractivity contribution is -0.138. The number of carbonyl (C=O) groups is 4. The molecule has 2 saturated carbocycles. The summed E-state index contributed by atoms with van der Waals surface area (Å²) in [6.07, 6.45) is 5.48. The van der Waals surface area contributed by atoms with Crippen LogP contribution in [0.2, 0.25) is 5.15 Å². The van der Waals surface area contributed by atoms with Crippen LogP contribution in [0.5, 0.6) is 0 Å². The Hall–Kier alpha value is -5.93. The Labute approximate surface area is 376 Å². The van der Waals surface area contributed by atoms with Crippen LogP contribution in [0.1, 0.15) is 76.1 Å². The molecule has 3 saturated heterocycles. The number of rotatable bonds is 11. The molecule has 15 nitrogen and oxygen atoms in total. The fraction of sp³-hybridized carbons (Fsp3) is 0.458. The van der Waals surface area contributed by atoms with Gasteiger partial charge in [-0.2, -0.15) is 0 Å². The normalized spacial score (nSPS) is 24.5. The van der Waals surface area contributed by atoms with E-state index in [0.717, 1.165) is 70.2 Å². The summed E-state index contributed by atoms with van der Waals surface area (Å²) in [7, 11) is 2.61. The topological polar surface area (TPSA) is 184 Å². The van der Waals surface area contributed by atoms with Crippen LogP contribution in [-0.4, -0.2) is 105 Å². The Morgan fingerprint density at radius 1 is 0.734 bits per heavy atom. The van der Waals surface area contributed by atoms with Crippen LogP contribution in [0.4, 0.5) is 9.59 Å². The molecule has 5 fully saturated rings. The van der Waals surface area contributed by atoms with Crippen LogP contribution in [0.3, 0.4) is 0 Å². The molecule has 2 aliphatic carbocycles. The van der Waals surface area contributed by atoms with Crippen LogP contribution >= 0.6 is 11.6 Å². The number of halogens is 1. The van der Waals surface area contributed by atoms with Gasteiger partial charge in [-0.05, 0) is 102 Å². The van der Waals surface area contributed by atoms with Gasteiger partial charge >= 0.3 is 12.2 Å². The van der Waals surface area contributed by atoms with Gasteiger partial charge in [-0.1, -0.05) is 74.0 Å². The van der Waals surface area contributed by atoms with Crippen molar-refractivity contribution >= 4 is 46.4 Å². The summed E-state index contributed by atoms with van der Waals surface area (Å²) in [5.74, 6) is 1.85. The van der Waals surface area contributed by atoms with Crippen LogP contribution in [-0.2, 0) is 23.8 Å². The van der Waals surface area contributed by atoms with Gasteiger partial charge in [-0.25, -0.2) is 19.6 Å². The van der Waals surface area contributed by atoms with Crippen LogP contribution in [0.15, 0.2) is 66.9 Å². The number of nitrogens with one attached hydrogen (secondary N) is 4. The highest BCUT2D eigenvalue weighted by Gasteiger charge is 2.58. The Morgan fingerprint density at radius 3 is 1.97 bits per heavy atom. The quantitative estimate of drug-likeness (QED) is 0.103. The lowest BCUT2D eigenvalue weighted by Crippen LogP contribution is -2.54. The third-order valence-electron chi connectivity index (χ3n) is 14.1. The molecule has 5 aromatic rings. The molecule has 4 N–H and O–H groups in total. The van der Waals surface area contributed by atoms with Gasteiger partial charge in [-0.3, -0.25) is 9.59 Å². The number of nitrogens with zero attached hydrogens (tertiary/aromatic N) is 4. The van der Waals surface area contributed by atoms with Crippen molar-refractivity contribution in [3.63, 3.8) is 0 Å². The van der Waals surface area contributed by atoms with E-state index in [9.17, 15) is 19.2 Å². The molecule has 10 rings (SSSR count). The van der Waals surface area contributed by atoms with Gasteiger partial charge in [0.1, 0.15) is 34.6 Å². The first kappa shape index (κ1) is 42.0. The number of imidazole rings is 2. The zero-order chi connectivity index (χ0) is 44.4. The van der Waals surface area contributed by atoms with E-state index < -0.39 is 24.3 Å². The minimum Gasteiger partial charge on any atom is -0.453 e. The molecule has 5 heterocycles. The SMILES string of the molecule is COC(=O)N[C@H](C(=O)N1[C@@H]2C[C@@H]2C[C@H]1c1ncc(-c2ccc(-c3ccc4cc(-c5nc(C6C[C@H]7C[C@H]7N6C(=O)[C@@H](NC(=O)OC)C6CCOCC6)[nH]c5Cl)ccc4c3)cc2)[nH]1)C(C)C. The van der Waals surface area contributed by atoms with Crippen LogP contribution in [0.25, 0.3) is 44.4 Å². The predicted octanol–water partition coefficient (Wildman–Crippen LogP) is 7.80.